The van der Waals surface area contributed by atoms with Gasteiger partial charge in [-0.25, -0.2) is 4.79 Å². The molecule has 1 aliphatic rings. The van der Waals surface area contributed by atoms with Crippen LogP contribution in [0.25, 0.3) is 0 Å². The third-order valence-electron chi connectivity index (χ3n) is 4.63. The van der Waals surface area contributed by atoms with Crippen LogP contribution in [-0.4, -0.2) is 28.5 Å². The lowest BCUT2D eigenvalue weighted by Gasteiger charge is -2.26. The molecule has 2 aromatic rings. The molecule has 3 rings (SSSR count). The second-order valence-corrected chi connectivity index (χ2v) is 10.0. The number of hydrogen-bond acceptors (Lipinski definition) is 3. The van der Waals surface area contributed by atoms with Crippen LogP contribution in [0.4, 0.5) is 4.79 Å². The summed E-state index contributed by atoms with van der Waals surface area (Å²) in [6.07, 6.45) is -0.421. The van der Waals surface area contributed by atoms with Gasteiger partial charge in [0, 0.05) is 34.0 Å². The van der Waals surface area contributed by atoms with Gasteiger partial charge in [-0.2, -0.15) is 0 Å². The van der Waals surface area contributed by atoms with Gasteiger partial charge < -0.3 is 15.0 Å². The summed E-state index contributed by atoms with van der Waals surface area (Å²) in [5.74, 6) is -0.195. The largest absolute Gasteiger partial charge is 0.444 e. The Hall–Kier alpha value is -1.76. The standard InChI is InChI=1S/C22H23BrCl2N2O3/c1-22(2,3)30-21(29)26-19(9-13-5-7-17(24)10-18(13)25)20(28)27-11-14-4-6-16(23)8-15(14)12-27/h4-8,10,19H,9,11-12H2,1-3H3,(H,26,29)/t19-/m1/s1. The van der Waals surface area contributed by atoms with E-state index in [2.05, 4.69) is 21.2 Å². The minimum atomic E-state index is -0.823. The van der Waals surface area contributed by atoms with E-state index in [1.165, 1.54) is 0 Å². The van der Waals surface area contributed by atoms with Crippen molar-refractivity contribution in [1.29, 1.82) is 0 Å². The maximum absolute atomic E-state index is 13.4. The van der Waals surface area contributed by atoms with E-state index < -0.39 is 17.7 Å². The molecular weight excluding hydrogens is 491 g/mol. The summed E-state index contributed by atoms with van der Waals surface area (Å²) in [4.78, 5) is 27.5. The van der Waals surface area contributed by atoms with Gasteiger partial charge in [0.05, 0.1) is 0 Å². The van der Waals surface area contributed by atoms with Crippen LogP contribution < -0.4 is 5.32 Å². The van der Waals surface area contributed by atoms with Gasteiger partial charge in [-0.05, 0) is 61.7 Å². The lowest BCUT2D eigenvalue weighted by molar-refractivity contribution is -0.134. The Morgan fingerprint density at radius 2 is 1.83 bits per heavy atom. The quantitative estimate of drug-likeness (QED) is 0.567. The van der Waals surface area contributed by atoms with Crippen LogP contribution in [0.3, 0.4) is 0 Å². The van der Waals surface area contributed by atoms with Gasteiger partial charge in [-0.3, -0.25) is 4.79 Å². The van der Waals surface area contributed by atoms with Crippen molar-refractivity contribution in [2.24, 2.45) is 0 Å². The topological polar surface area (TPSA) is 58.6 Å². The number of carbonyl (C=O) groups is 2. The fraction of sp³-hybridized carbons (Fsp3) is 0.364. The van der Waals surface area contributed by atoms with E-state index in [0.717, 1.165) is 21.2 Å². The van der Waals surface area contributed by atoms with E-state index >= 15 is 0 Å². The molecule has 0 radical (unpaired) electrons. The molecule has 30 heavy (non-hydrogen) atoms. The number of nitrogens with zero attached hydrogens (tertiary/aromatic N) is 1. The van der Waals surface area contributed by atoms with Gasteiger partial charge in [-0.15, -0.1) is 0 Å². The Morgan fingerprint density at radius 3 is 2.50 bits per heavy atom. The zero-order chi connectivity index (χ0) is 22.1. The van der Waals surface area contributed by atoms with Gasteiger partial charge in [0.15, 0.2) is 0 Å². The molecule has 5 nitrogen and oxygen atoms in total. The minimum Gasteiger partial charge on any atom is -0.444 e. The molecule has 0 fully saturated rings. The van der Waals surface area contributed by atoms with Crippen molar-refractivity contribution < 1.29 is 14.3 Å². The highest BCUT2D eigenvalue weighted by molar-refractivity contribution is 9.10. The summed E-state index contributed by atoms with van der Waals surface area (Å²) in [5, 5.41) is 3.68. The Morgan fingerprint density at radius 1 is 1.13 bits per heavy atom. The average molecular weight is 514 g/mol. The molecule has 0 aliphatic carbocycles. The number of benzene rings is 2. The van der Waals surface area contributed by atoms with Gasteiger partial charge in [-0.1, -0.05) is 51.3 Å². The number of amides is 2. The summed E-state index contributed by atoms with van der Waals surface area (Å²) in [6.45, 7) is 6.29. The van der Waals surface area contributed by atoms with Crippen molar-refractivity contribution in [3.05, 3.63) is 67.6 Å². The number of halogens is 3. The fourth-order valence-electron chi connectivity index (χ4n) is 3.30. The summed E-state index contributed by atoms with van der Waals surface area (Å²) in [7, 11) is 0. The molecule has 0 saturated carbocycles. The van der Waals surface area contributed by atoms with Gasteiger partial charge in [0.1, 0.15) is 11.6 Å². The summed E-state index contributed by atoms with van der Waals surface area (Å²) >= 11 is 15.8. The molecular formula is C22H23BrCl2N2O3. The van der Waals surface area contributed by atoms with E-state index in [0.29, 0.717) is 23.1 Å². The number of rotatable bonds is 4. The highest BCUT2D eigenvalue weighted by atomic mass is 79.9. The maximum Gasteiger partial charge on any atom is 0.408 e. The van der Waals surface area contributed by atoms with Crippen LogP contribution in [-0.2, 0) is 29.0 Å². The van der Waals surface area contributed by atoms with Crippen LogP contribution in [0, 0.1) is 0 Å². The maximum atomic E-state index is 13.4. The van der Waals surface area contributed by atoms with Crippen molar-refractivity contribution in [2.45, 2.75) is 51.9 Å². The van der Waals surface area contributed by atoms with E-state index in [9.17, 15) is 9.59 Å². The van der Waals surface area contributed by atoms with E-state index in [1.54, 1.807) is 43.9 Å². The summed E-state index contributed by atoms with van der Waals surface area (Å²) in [5.41, 5.74) is 2.21. The number of hydrogen-bond donors (Lipinski definition) is 1. The molecule has 0 unspecified atom stereocenters. The molecule has 1 heterocycles. The van der Waals surface area contributed by atoms with Crippen LogP contribution in [0.2, 0.25) is 10.0 Å². The first-order chi connectivity index (χ1) is 14.0. The second kappa shape index (κ2) is 9.16. The Balaban J connectivity index is 1.81. The number of alkyl carbamates (subject to hydrolysis) is 1. The van der Waals surface area contributed by atoms with Crippen molar-refractivity contribution in [2.75, 3.05) is 0 Å². The molecule has 8 heteroatoms. The molecule has 2 amide bonds. The number of carbonyl (C=O) groups excluding carboxylic acids is 2. The smallest absolute Gasteiger partial charge is 0.408 e. The van der Waals surface area contributed by atoms with Crippen molar-refractivity contribution >= 4 is 51.1 Å². The lowest BCUT2D eigenvalue weighted by atomic mass is 10.0. The molecule has 160 valence electrons. The van der Waals surface area contributed by atoms with Crippen LogP contribution in [0.5, 0.6) is 0 Å². The molecule has 0 bridgehead atoms. The number of fused-ring (bicyclic) bond motifs is 1. The fourth-order valence-corrected chi connectivity index (χ4v) is 4.19. The Kier molecular flexibility index (Phi) is 7.00. The van der Waals surface area contributed by atoms with Gasteiger partial charge in [0.2, 0.25) is 5.91 Å². The molecule has 0 saturated heterocycles. The number of nitrogens with one attached hydrogen (secondary N) is 1. The normalized spacial score (nSPS) is 14.3. The van der Waals surface area contributed by atoms with Crippen LogP contribution >= 0.6 is 39.1 Å². The molecule has 0 aromatic heterocycles. The molecule has 1 aliphatic heterocycles. The molecule has 2 aromatic carbocycles. The summed E-state index contributed by atoms with van der Waals surface area (Å²) < 4.78 is 6.33. The molecule has 0 spiro atoms. The van der Waals surface area contributed by atoms with E-state index in [-0.39, 0.29) is 12.3 Å². The summed E-state index contributed by atoms with van der Waals surface area (Å²) in [6, 6.07) is 10.2. The minimum absolute atomic E-state index is 0.195. The number of ether oxygens (including phenoxy) is 1. The lowest BCUT2D eigenvalue weighted by Crippen LogP contribution is -2.49. The van der Waals surface area contributed by atoms with Crippen molar-refractivity contribution in [3.63, 3.8) is 0 Å². The van der Waals surface area contributed by atoms with Crippen molar-refractivity contribution in [3.8, 4) is 0 Å². The first-order valence-electron chi connectivity index (χ1n) is 9.51. The first-order valence-corrected chi connectivity index (χ1v) is 11.1. The SMILES string of the molecule is CC(C)(C)OC(=O)N[C@H](Cc1ccc(Cl)cc1Cl)C(=O)N1Cc2ccc(Br)cc2C1. The van der Waals surface area contributed by atoms with Crippen molar-refractivity contribution in [1.82, 2.24) is 10.2 Å². The Labute approximate surface area is 194 Å². The van der Waals surface area contributed by atoms with Gasteiger partial charge in [0.25, 0.3) is 0 Å². The molecule has 1 atom stereocenters. The molecule has 1 N–H and O–H groups in total. The second-order valence-electron chi connectivity index (χ2n) is 8.25. The monoisotopic (exact) mass is 512 g/mol. The highest BCUT2D eigenvalue weighted by Crippen LogP contribution is 2.28. The van der Waals surface area contributed by atoms with Gasteiger partial charge >= 0.3 is 6.09 Å². The first kappa shape index (κ1) is 22.9. The van der Waals surface area contributed by atoms with Crippen LogP contribution in [0.15, 0.2) is 40.9 Å². The highest BCUT2D eigenvalue weighted by Gasteiger charge is 2.32. The van der Waals surface area contributed by atoms with Crippen LogP contribution in [0.1, 0.15) is 37.5 Å². The zero-order valence-corrected chi connectivity index (χ0v) is 20.1. The third kappa shape index (κ3) is 5.90. The Bertz CT molecular complexity index is 975. The predicted molar refractivity (Wildman–Crippen MR) is 122 cm³/mol. The zero-order valence-electron chi connectivity index (χ0n) is 17.0. The average Bonchev–Trinajstić information content (AvgIpc) is 3.04. The third-order valence-corrected chi connectivity index (χ3v) is 5.71. The van der Waals surface area contributed by atoms with E-state index in [1.807, 2.05) is 18.2 Å². The predicted octanol–water partition coefficient (Wildman–Crippen LogP) is 5.73. The van der Waals surface area contributed by atoms with E-state index in [4.69, 9.17) is 27.9 Å².